The number of phenolic OH excluding ortho intramolecular Hbond substituents is 1. The summed E-state index contributed by atoms with van der Waals surface area (Å²) in [5.41, 5.74) is 2.66. The van der Waals surface area contributed by atoms with E-state index in [9.17, 15) is 5.11 Å². The summed E-state index contributed by atoms with van der Waals surface area (Å²) in [6.07, 6.45) is 1.92. The van der Waals surface area contributed by atoms with Gasteiger partial charge in [-0.05, 0) is 24.3 Å². The highest BCUT2D eigenvalue weighted by atomic mass is 79.9. The molecule has 74 valence electrons. The van der Waals surface area contributed by atoms with E-state index in [1.165, 1.54) is 0 Å². The maximum atomic E-state index is 9.41. The summed E-state index contributed by atoms with van der Waals surface area (Å²) in [6.45, 7) is 0. The number of halogens is 1. The number of phenols is 1. The van der Waals surface area contributed by atoms with Gasteiger partial charge in [0.25, 0.3) is 0 Å². The summed E-state index contributed by atoms with van der Waals surface area (Å²) in [4.78, 5) is 4.44. The Bertz CT molecular complexity index is 660. The fourth-order valence-corrected chi connectivity index (χ4v) is 2.00. The molecule has 0 saturated heterocycles. The summed E-state index contributed by atoms with van der Waals surface area (Å²) in [7, 11) is 0. The van der Waals surface area contributed by atoms with Crippen LogP contribution in [0.3, 0.4) is 0 Å². The van der Waals surface area contributed by atoms with Gasteiger partial charge in [0.05, 0.1) is 11.0 Å². The van der Waals surface area contributed by atoms with Crippen LogP contribution in [0.15, 0.2) is 41.0 Å². The van der Waals surface area contributed by atoms with E-state index in [0.29, 0.717) is 0 Å². The van der Waals surface area contributed by atoms with Crippen LogP contribution in [0.2, 0.25) is 0 Å². The van der Waals surface area contributed by atoms with Crippen molar-refractivity contribution in [3.63, 3.8) is 0 Å². The molecular formula is C11H7BrN2O. The number of benzene rings is 1. The van der Waals surface area contributed by atoms with E-state index in [0.717, 1.165) is 21.2 Å². The van der Waals surface area contributed by atoms with Crippen LogP contribution in [0.5, 0.6) is 5.75 Å². The quantitative estimate of drug-likeness (QED) is 0.677. The Hall–Kier alpha value is -1.55. The molecule has 0 saturated carbocycles. The number of hydrogen-bond donors (Lipinski definition) is 1. The Kier molecular flexibility index (Phi) is 1.73. The van der Waals surface area contributed by atoms with Gasteiger partial charge in [-0.15, -0.1) is 0 Å². The Balaban J connectivity index is 2.53. The van der Waals surface area contributed by atoms with E-state index in [4.69, 9.17) is 0 Å². The predicted octanol–water partition coefficient (Wildman–Crippen LogP) is 2.96. The molecule has 0 unspecified atom stereocenters. The predicted molar refractivity (Wildman–Crippen MR) is 62.1 cm³/mol. The third-order valence-corrected chi connectivity index (χ3v) is 2.84. The van der Waals surface area contributed by atoms with Crippen molar-refractivity contribution in [1.29, 1.82) is 0 Å². The number of rotatable bonds is 0. The van der Waals surface area contributed by atoms with Gasteiger partial charge in [0.1, 0.15) is 11.4 Å². The first-order valence-corrected chi connectivity index (χ1v) is 5.30. The molecule has 3 aromatic rings. The standard InChI is InChI=1S/C11H7BrN2O/c12-7-3-4-14-10-6-8(15)1-2-9(10)13-11(14)5-7/h1-6,15H. The van der Waals surface area contributed by atoms with Crippen LogP contribution in [0.1, 0.15) is 0 Å². The van der Waals surface area contributed by atoms with Gasteiger partial charge >= 0.3 is 0 Å². The Morgan fingerprint density at radius 2 is 2.07 bits per heavy atom. The molecule has 2 heterocycles. The van der Waals surface area contributed by atoms with Crippen LogP contribution in [-0.4, -0.2) is 14.5 Å². The summed E-state index contributed by atoms with van der Waals surface area (Å²) >= 11 is 3.40. The molecule has 2 aromatic heterocycles. The zero-order chi connectivity index (χ0) is 10.4. The number of aromatic hydroxyl groups is 1. The van der Waals surface area contributed by atoms with Gasteiger partial charge in [-0.1, -0.05) is 15.9 Å². The van der Waals surface area contributed by atoms with Crippen LogP contribution in [0.4, 0.5) is 0 Å². The van der Waals surface area contributed by atoms with Crippen molar-refractivity contribution in [2.45, 2.75) is 0 Å². The van der Waals surface area contributed by atoms with E-state index in [1.54, 1.807) is 12.1 Å². The van der Waals surface area contributed by atoms with Gasteiger partial charge in [0.2, 0.25) is 0 Å². The molecule has 1 aromatic carbocycles. The van der Waals surface area contributed by atoms with Gasteiger partial charge in [-0.3, -0.25) is 4.40 Å². The minimum atomic E-state index is 0.257. The average Bonchev–Trinajstić information content (AvgIpc) is 2.54. The normalized spacial score (nSPS) is 11.3. The SMILES string of the molecule is Oc1ccc2nc3cc(Br)ccn3c2c1. The van der Waals surface area contributed by atoms with Gasteiger partial charge in [-0.25, -0.2) is 4.98 Å². The first-order chi connectivity index (χ1) is 7.24. The molecule has 0 radical (unpaired) electrons. The lowest BCUT2D eigenvalue weighted by Gasteiger charge is -1.96. The van der Waals surface area contributed by atoms with Gasteiger partial charge in [0.15, 0.2) is 0 Å². The number of hydrogen-bond acceptors (Lipinski definition) is 2. The Morgan fingerprint density at radius 3 is 2.93 bits per heavy atom. The molecule has 15 heavy (non-hydrogen) atoms. The van der Waals surface area contributed by atoms with Gasteiger partial charge in [0, 0.05) is 16.7 Å². The number of nitrogens with zero attached hydrogens (tertiary/aromatic N) is 2. The van der Waals surface area contributed by atoms with Crippen LogP contribution in [0.25, 0.3) is 16.7 Å². The Morgan fingerprint density at radius 1 is 1.20 bits per heavy atom. The largest absolute Gasteiger partial charge is 0.508 e. The van der Waals surface area contributed by atoms with Crippen molar-refractivity contribution < 1.29 is 5.11 Å². The number of pyridine rings is 1. The Labute approximate surface area is 94.1 Å². The van der Waals surface area contributed by atoms with E-state index < -0.39 is 0 Å². The molecule has 3 nitrogen and oxygen atoms in total. The third kappa shape index (κ3) is 1.29. The second kappa shape index (κ2) is 2.97. The smallest absolute Gasteiger partial charge is 0.139 e. The topological polar surface area (TPSA) is 37.5 Å². The fraction of sp³-hybridized carbons (Fsp3) is 0. The van der Waals surface area contributed by atoms with Gasteiger partial charge in [-0.2, -0.15) is 0 Å². The maximum Gasteiger partial charge on any atom is 0.139 e. The van der Waals surface area contributed by atoms with Gasteiger partial charge < -0.3 is 5.11 Å². The molecule has 0 fully saturated rings. The molecule has 0 aliphatic carbocycles. The zero-order valence-electron chi connectivity index (χ0n) is 7.68. The number of fused-ring (bicyclic) bond motifs is 3. The number of aromatic nitrogens is 2. The molecular weight excluding hydrogens is 256 g/mol. The third-order valence-electron chi connectivity index (χ3n) is 2.35. The minimum absolute atomic E-state index is 0.257. The van der Waals surface area contributed by atoms with E-state index in [-0.39, 0.29) is 5.75 Å². The highest BCUT2D eigenvalue weighted by molar-refractivity contribution is 9.10. The summed E-state index contributed by atoms with van der Waals surface area (Å²) < 4.78 is 2.94. The first kappa shape index (κ1) is 8.73. The van der Waals surface area contributed by atoms with Crippen LogP contribution >= 0.6 is 15.9 Å². The molecule has 0 aliphatic heterocycles. The second-order valence-corrected chi connectivity index (χ2v) is 4.27. The van der Waals surface area contributed by atoms with Crippen LogP contribution in [-0.2, 0) is 0 Å². The zero-order valence-corrected chi connectivity index (χ0v) is 9.27. The molecule has 0 bridgehead atoms. The molecule has 1 N–H and O–H groups in total. The minimum Gasteiger partial charge on any atom is -0.508 e. The van der Waals surface area contributed by atoms with Crippen molar-refractivity contribution in [1.82, 2.24) is 9.38 Å². The highest BCUT2D eigenvalue weighted by Crippen LogP contribution is 2.22. The molecule has 4 heteroatoms. The molecule has 0 amide bonds. The van der Waals surface area contributed by atoms with E-state index in [2.05, 4.69) is 20.9 Å². The van der Waals surface area contributed by atoms with Crippen molar-refractivity contribution in [3.05, 3.63) is 41.0 Å². The van der Waals surface area contributed by atoms with E-state index in [1.807, 2.05) is 28.8 Å². The second-order valence-electron chi connectivity index (χ2n) is 3.36. The lowest BCUT2D eigenvalue weighted by Crippen LogP contribution is -1.82. The van der Waals surface area contributed by atoms with Crippen molar-refractivity contribution in [2.24, 2.45) is 0 Å². The monoisotopic (exact) mass is 262 g/mol. The lowest BCUT2D eigenvalue weighted by atomic mass is 10.3. The van der Waals surface area contributed by atoms with Crippen molar-refractivity contribution in [2.75, 3.05) is 0 Å². The highest BCUT2D eigenvalue weighted by Gasteiger charge is 2.04. The molecule has 0 aliphatic rings. The molecule has 0 spiro atoms. The summed E-state index contributed by atoms with van der Waals surface area (Å²) in [5.74, 6) is 0.257. The fourth-order valence-electron chi connectivity index (χ4n) is 1.68. The van der Waals surface area contributed by atoms with Crippen LogP contribution in [0, 0.1) is 0 Å². The molecule has 0 atom stereocenters. The van der Waals surface area contributed by atoms with Crippen molar-refractivity contribution in [3.8, 4) is 5.75 Å². The maximum absolute atomic E-state index is 9.41. The summed E-state index contributed by atoms with van der Waals surface area (Å²) in [6, 6.07) is 9.05. The average molecular weight is 263 g/mol. The lowest BCUT2D eigenvalue weighted by molar-refractivity contribution is 0.476. The van der Waals surface area contributed by atoms with Crippen LogP contribution < -0.4 is 0 Å². The van der Waals surface area contributed by atoms with Crippen molar-refractivity contribution >= 4 is 32.6 Å². The molecule has 3 rings (SSSR count). The first-order valence-electron chi connectivity index (χ1n) is 4.50. The van der Waals surface area contributed by atoms with E-state index >= 15 is 0 Å². The summed E-state index contributed by atoms with van der Waals surface area (Å²) in [5, 5.41) is 9.41. The number of imidazole rings is 1.